The van der Waals surface area contributed by atoms with E-state index >= 15 is 0 Å². The zero-order valence-electron chi connectivity index (χ0n) is 5.92. The number of hydrogen-bond donors (Lipinski definition) is 4. The molecule has 2 amide bonds. The molecule has 7 nitrogen and oxygen atoms in total. The van der Waals surface area contributed by atoms with Gasteiger partial charge in [-0.2, -0.15) is 0 Å². The third-order valence-electron chi connectivity index (χ3n) is 0.698. The van der Waals surface area contributed by atoms with Crippen molar-refractivity contribution in [3.05, 3.63) is 0 Å². The number of carbonyl (C=O) groups is 2. The Morgan fingerprint density at radius 2 is 2.00 bits per heavy atom. The van der Waals surface area contributed by atoms with Crippen molar-refractivity contribution >= 4 is 17.6 Å². The van der Waals surface area contributed by atoms with Crippen molar-refractivity contribution in [2.24, 2.45) is 16.7 Å². The monoisotopic (exact) mass is 159 g/mol. The van der Waals surface area contributed by atoms with Crippen LogP contribution in [0, 0.1) is 0 Å². The highest BCUT2D eigenvalue weighted by Gasteiger charge is 2.02. The fourth-order valence-corrected chi connectivity index (χ4v) is 0.264. The van der Waals surface area contributed by atoms with Crippen LogP contribution < -0.4 is 22.4 Å². The van der Waals surface area contributed by atoms with Gasteiger partial charge in [-0.1, -0.05) is 0 Å². The number of nitrogens with two attached hydrogens (primary N) is 2. The van der Waals surface area contributed by atoms with Crippen LogP contribution in [-0.2, 0) is 9.59 Å². The highest BCUT2D eigenvalue weighted by atomic mass is 16.2. The average molecular weight is 159 g/mol. The minimum Gasteiger partial charge on any atom is -0.378 e. The number of amides is 2. The Hall–Kier alpha value is -1.63. The van der Waals surface area contributed by atoms with E-state index < -0.39 is 17.6 Å². The third-order valence-corrected chi connectivity index (χ3v) is 0.698. The lowest BCUT2D eigenvalue weighted by Gasteiger charge is -1.97. The Bertz CT molecular complexity index is 199. The van der Waals surface area contributed by atoms with Gasteiger partial charge in [0, 0.05) is 6.92 Å². The molecule has 0 aliphatic heterocycles. The number of rotatable bonds is 1. The highest BCUT2D eigenvalue weighted by Crippen LogP contribution is 1.66. The van der Waals surface area contributed by atoms with Crippen LogP contribution in [0.1, 0.15) is 6.92 Å². The van der Waals surface area contributed by atoms with Crippen LogP contribution in [0.2, 0.25) is 0 Å². The summed E-state index contributed by atoms with van der Waals surface area (Å²) in [6, 6.07) is 0. The zero-order chi connectivity index (χ0) is 8.85. The van der Waals surface area contributed by atoms with E-state index in [9.17, 15) is 9.59 Å². The maximum atomic E-state index is 10.5. The van der Waals surface area contributed by atoms with Gasteiger partial charge in [0.15, 0.2) is 0 Å². The van der Waals surface area contributed by atoms with Crippen LogP contribution in [0.3, 0.4) is 0 Å². The maximum absolute atomic E-state index is 10.5. The molecule has 0 bridgehead atoms. The third kappa shape index (κ3) is 3.87. The molecule has 6 N–H and O–H groups in total. The molecule has 0 aliphatic carbocycles. The Kier molecular flexibility index (Phi) is 3.60. The van der Waals surface area contributed by atoms with Crippen LogP contribution in [0.4, 0.5) is 0 Å². The molecular weight excluding hydrogens is 150 g/mol. The van der Waals surface area contributed by atoms with E-state index in [4.69, 9.17) is 11.6 Å². The number of hydrogen-bond acceptors (Lipinski definition) is 4. The molecule has 0 unspecified atom stereocenters. The second-order valence-corrected chi connectivity index (χ2v) is 1.64. The fourth-order valence-electron chi connectivity index (χ4n) is 0.264. The van der Waals surface area contributed by atoms with E-state index in [1.165, 1.54) is 6.92 Å². The summed E-state index contributed by atoms with van der Waals surface area (Å²) < 4.78 is 0. The topological polar surface area (TPSA) is 123 Å². The number of nitrogens with zero attached hydrogens (tertiary/aromatic N) is 1. The van der Waals surface area contributed by atoms with Gasteiger partial charge >= 0.3 is 5.91 Å². The molecule has 0 aromatic heterocycles. The summed E-state index contributed by atoms with van der Waals surface area (Å²) in [5.74, 6) is 3.14. The molecule has 0 aliphatic rings. The maximum Gasteiger partial charge on any atom is 0.302 e. The first-order valence-corrected chi connectivity index (χ1v) is 2.68. The average Bonchev–Trinajstić information content (AvgIpc) is 1.98. The molecule has 7 heteroatoms. The molecule has 0 aromatic carbocycles. The van der Waals surface area contributed by atoms with Crippen molar-refractivity contribution in [2.45, 2.75) is 6.92 Å². The number of hydrazine groups is 1. The molecule has 0 saturated heterocycles. The summed E-state index contributed by atoms with van der Waals surface area (Å²) in [5, 5.41) is 3.20. The summed E-state index contributed by atoms with van der Waals surface area (Å²) in [6.45, 7) is 1.23. The van der Waals surface area contributed by atoms with Crippen LogP contribution in [0.25, 0.3) is 0 Å². The summed E-state index contributed by atoms with van der Waals surface area (Å²) in [4.78, 5) is 20.7. The first-order chi connectivity index (χ1) is 5.07. The van der Waals surface area contributed by atoms with E-state index in [-0.39, 0.29) is 0 Å². The van der Waals surface area contributed by atoms with E-state index in [2.05, 4.69) is 5.10 Å². The van der Waals surface area contributed by atoms with Gasteiger partial charge in [-0.25, -0.2) is 11.3 Å². The normalized spacial score (nSPS) is 10.5. The van der Waals surface area contributed by atoms with Crippen molar-refractivity contribution in [3.63, 3.8) is 0 Å². The summed E-state index contributed by atoms with van der Waals surface area (Å²) in [5.41, 5.74) is 8.73. The minimum absolute atomic E-state index is 0.400. The molecule has 0 radical (unpaired) electrons. The van der Waals surface area contributed by atoms with Gasteiger partial charge in [-0.15, -0.1) is 5.10 Å². The van der Waals surface area contributed by atoms with E-state index in [1.54, 1.807) is 5.43 Å². The Labute approximate surface area is 62.8 Å². The number of hydrazone groups is 1. The van der Waals surface area contributed by atoms with Gasteiger partial charge < -0.3 is 5.73 Å². The number of nitrogens with one attached hydrogen (secondary N) is 2. The quantitative estimate of drug-likeness (QED) is 0.110. The molecule has 0 heterocycles. The SMILES string of the molecule is CC(=O)N/N=C(\N)C(=O)NN. The molecular formula is C4H9N5O2. The second-order valence-electron chi connectivity index (χ2n) is 1.64. The lowest BCUT2D eigenvalue weighted by Crippen LogP contribution is -2.41. The molecule has 0 atom stereocenters. The van der Waals surface area contributed by atoms with Crippen LogP contribution >= 0.6 is 0 Å². The molecule has 0 aromatic rings. The van der Waals surface area contributed by atoms with Crippen molar-refractivity contribution in [1.29, 1.82) is 0 Å². The van der Waals surface area contributed by atoms with Crippen LogP contribution in [-0.4, -0.2) is 17.6 Å². The van der Waals surface area contributed by atoms with Gasteiger partial charge in [-0.05, 0) is 0 Å². The second kappa shape index (κ2) is 4.23. The summed E-state index contributed by atoms with van der Waals surface area (Å²) >= 11 is 0. The molecule has 0 fully saturated rings. The van der Waals surface area contributed by atoms with Crippen LogP contribution in [0.5, 0.6) is 0 Å². The van der Waals surface area contributed by atoms with E-state index in [0.29, 0.717) is 0 Å². The van der Waals surface area contributed by atoms with Gasteiger partial charge in [-0.3, -0.25) is 15.0 Å². The van der Waals surface area contributed by atoms with Crippen molar-refractivity contribution in [3.8, 4) is 0 Å². The number of amidine groups is 1. The van der Waals surface area contributed by atoms with Crippen molar-refractivity contribution in [2.75, 3.05) is 0 Å². The highest BCUT2D eigenvalue weighted by molar-refractivity contribution is 6.37. The Balaban J connectivity index is 4.00. The largest absolute Gasteiger partial charge is 0.378 e. The van der Waals surface area contributed by atoms with E-state index in [0.717, 1.165) is 0 Å². The molecule has 0 rings (SSSR count). The van der Waals surface area contributed by atoms with Gasteiger partial charge in [0.05, 0.1) is 0 Å². The number of carbonyl (C=O) groups excluding carboxylic acids is 2. The Morgan fingerprint density at radius 3 is 2.36 bits per heavy atom. The minimum atomic E-state index is -0.751. The van der Waals surface area contributed by atoms with E-state index in [1.807, 2.05) is 5.43 Å². The molecule has 11 heavy (non-hydrogen) atoms. The fraction of sp³-hybridized carbons (Fsp3) is 0.250. The first-order valence-electron chi connectivity index (χ1n) is 2.68. The standard InChI is InChI=1S/C4H9N5O2/c1-2(10)8-9-3(5)4(11)7-6/h6H2,1H3,(H2,5,9)(H,7,11)(H,8,10). The predicted molar refractivity (Wildman–Crippen MR) is 37.8 cm³/mol. The Morgan fingerprint density at radius 1 is 1.45 bits per heavy atom. The van der Waals surface area contributed by atoms with Crippen molar-refractivity contribution in [1.82, 2.24) is 10.9 Å². The lowest BCUT2D eigenvalue weighted by atomic mass is 10.6. The van der Waals surface area contributed by atoms with Crippen LogP contribution in [0.15, 0.2) is 5.10 Å². The molecule has 0 spiro atoms. The first kappa shape index (κ1) is 9.37. The molecule has 62 valence electrons. The van der Waals surface area contributed by atoms with Gasteiger partial charge in [0.1, 0.15) is 0 Å². The smallest absolute Gasteiger partial charge is 0.302 e. The summed E-state index contributed by atoms with van der Waals surface area (Å²) in [6.07, 6.45) is 0. The van der Waals surface area contributed by atoms with Gasteiger partial charge in [0.2, 0.25) is 11.7 Å². The summed E-state index contributed by atoms with van der Waals surface area (Å²) in [7, 11) is 0. The lowest BCUT2D eigenvalue weighted by molar-refractivity contribution is -0.118. The predicted octanol–water partition coefficient (Wildman–Crippen LogP) is -2.62. The zero-order valence-corrected chi connectivity index (χ0v) is 5.92. The van der Waals surface area contributed by atoms with Crippen molar-refractivity contribution < 1.29 is 9.59 Å². The molecule has 0 saturated carbocycles. The van der Waals surface area contributed by atoms with Gasteiger partial charge in [0.25, 0.3) is 0 Å².